The van der Waals surface area contributed by atoms with Gasteiger partial charge in [-0.3, -0.25) is 4.79 Å². The van der Waals surface area contributed by atoms with Gasteiger partial charge in [0.25, 0.3) is 5.91 Å². The zero-order valence-corrected chi connectivity index (χ0v) is 10.6. The van der Waals surface area contributed by atoms with Crippen LogP contribution in [-0.4, -0.2) is 18.1 Å². The summed E-state index contributed by atoms with van der Waals surface area (Å²) in [5.74, 6) is -0.179. The highest BCUT2D eigenvalue weighted by Gasteiger charge is 2.16. The van der Waals surface area contributed by atoms with Crippen LogP contribution in [0.3, 0.4) is 0 Å². The third kappa shape index (κ3) is 4.06. The third-order valence-electron chi connectivity index (χ3n) is 2.25. The lowest BCUT2D eigenvalue weighted by Gasteiger charge is -2.17. The lowest BCUT2D eigenvalue weighted by atomic mass is 10.2. The van der Waals surface area contributed by atoms with Crippen LogP contribution in [0.25, 0.3) is 0 Å². The molecule has 0 saturated heterocycles. The van der Waals surface area contributed by atoms with Crippen molar-refractivity contribution >= 4 is 5.91 Å². The van der Waals surface area contributed by atoms with E-state index in [0.29, 0.717) is 5.75 Å². The first-order valence-corrected chi connectivity index (χ1v) is 5.63. The Bertz CT molecular complexity index is 404. The monoisotopic (exact) mass is 239 g/mol. The fourth-order valence-corrected chi connectivity index (χ4v) is 1.35. The Balaban J connectivity index is 2.70. The second-order valence-corrected chi connectivity index (χ2v) is 4.33. The minimum Gasteiger partial charge on any atom is -0.481 e. The molecule has 1 N–H and O–H groups in total. The molecule has 1 rings (SSSR count). The van der Waals surface area contributed by atoms with Crippen LogP contribution in [-0.2, 0) is 4.79 Å². The van der Waals surface area contributed by atoms with Gasteiger partial charge in [0.05, 0.1) is 0 Å². The molecule has 0 radical (unpaired) electrons. The van der Waals surface area contributed by atoms with Crippen LogP contribution in [0.4, 0.5) is 4.39 Å². The second-order valence-electron chi connectivity index (χ2n) is 4.33. The van der Waals surface area contributed by atoms with Gasteiger partial charge in [-0.2, -0.15) is 0 Å². The van der Waals surface area contributed by atoms with Crippen LogP contribution >= 0.6 is 0 Å². The quantitative estimate of drug-likeness (QED) is 0.876. The van der Waals surface area contributed by atoms with Gasteiger partial charge in [0.15, 0.2) is 6.10 Å². The van der Waals surface area contributed by atoms with Gasteiger partial charge in [0, 0.05) is 12.1 Å². The van der Waals surface area contributed by atoms with Gasteiger partial charge < -0.3 is 10.1 Å². The van der Waals surface area contributed by atoms with Crippen molar-refractivity contribution in [3.63, 3.8) is 0 Å². The van der Waals surface area contributed by atoms with Gasteiger partial charge in [-0.05, 0) is 39.3 Å². The van der Waals surface area contributed by atoms with Gasteiger partial charge in [-0.25, -0.2) is 4.39 Å². The molecule has 0 saturated carbocycles. The van der Waals surface area contributed by atoms with E-state index in [9.17, 15) is 9.18 Å². The van der Waals surface area contributed by atoms with E-state index < -0.39 is 6.10 Å². The molecule has 1 unspecified atom stereocenters. The second kappa shape index (κ2) is 5.66. The van der Waals surface area contributed by atoms with Crippen molar-refractivity contribution in [2.75, 3.05) is 0 Å². The summed E-state index contributed by atoms with van der Waals surface area (Å²) >= 11 is 0. The summed E-state index contributed by atoms with van der Waals surface area (Å²) in [4.78, 5) is 11.6. The summed E-state index contributed by atoms with van der Waals surface area (Å²) in [6.07, 6.45) is -0.641. The van der Waals surface area contributed by atoms with E-state index in [1.807, 2.05) is 20.8 Å². The molecule has 0 aliphatic carbocycles. The molecule has 94 valence electrons. The number of benzene rings is 1. The molecule has 0 heterocycles. The van der Waals surface area contributed by atoms with E-state index in [0.717, 1.165) is 5.56 Å². The first-order chi connectivity index (χ1) is 7.90. The van der Waals surface area contributed by atoms with Crippen molar-refractivity contribution in [3.05, 3.63) is 29.6 Å². The predicted molar refractivity (Wildman–Crippen MR) is 64.5 cm³/mol. The number of carbonyl (C=O) groups is 1. The van der Waals surface area contributed by atoms with Crippen molar-refractivity contribution in [2.45, 2.75) is 39.8 Å². The summed E-state index contributed by atoms with van der Waals surface area (Å²) in [5, 5.41) is 2.74. The van der Waals surface area contributed by atoms with E-state index in [4.69, 9.17) is 4.74 Å². The van der Waals surface area contributed by atoms with Gasteiger partial charge >= 0.3 is 0 Å². The molecule has 4 heteroatoms. The van der Waals surface area contributed by atoms with E-state index in [1.54, 1.807) is 13.0 Å². The van der Waals surface area contributed by atoms with Crippen molar-refractivity contribution in [1.29, 1.82) is 0 Å². The molecule has 3 nitrogen and oxygen atoms in total. The van der Waals surface area contributed by atoms with Crippen LogP contribution < -0.4 is 10.1 Å². The van der Waals surface area contributed by atoms with E-state index in [1.165, 1.54) is 12.1 Å². The first-order valence-electron chi connectivity index (χ1n) is 5.63. The molecule has 17 heavy (non-hydrogen) atoms. The summed E-state index contributed by atoms with van der Waals surface area (Å²) < 4.78 is 18.5. The standard InChI is InChI=1S/C13H18FNO2/c1-8(2)15-13(16)10(4)17-12-7-11(14)6-5-9(12)3/h5-8,10H,1-4H3,(H,15,16). The number of rotatable bonds is 4. The van der Waals surface area contributed by atoms with E-state index in [-0.39, 0.29) is 17.8 Å². The lowest BCUT2D eigenvalue weighted by molar-refractivity contribution is -0.127. The molecule has 0 aliphatic heterocycles. The van der Waals surface area contributed by atoms with Crippen LogP contribution in [0.5, 0.6) is 5.75 Å². The minimum atomic E-state index is -0.641. The molecule has 0 aromatic heterocycles. The number of carbonyl (C=O) groups excluding carboxylic acids is 1. The Morgan fingerprint density at radius 3 is 2.59 bits per heavy atom. The average molecular weight is 239 g/mol. The Morgan fingerprint density at radius 1 is 1.35 bits per heavy atom. The normalized spacial score (nSPS) is 12.4. The topological polar surface area (TPSA) is 38.3 Å². The SMILES string of the molecule is Cc1ccc(F)cc1OC(C)C(=O)NC(C)C. The minimum absolute atomic E-state index is 0.0576. The number of aryl methyl sites for hydroxylation is 1. The zero-order chi connectivity index (χ0) is 13.0. The fraction of sp³-hybridized carbons (Fsp3) is 0.462. The molecule has 1 aromatic carbocycles. The van der Waals surface area contributed by atoms with Crippen molar-refractivity contribution in [2.24, 2.45) is 0 Å². The highest BCUT2D eigenvalue weighted by atomic mass is 19.1. The smallest absolute Gasteiger partial charge is 0.260 e. The highest BCUT2D eigenvalue weighted by molar-refractivity contribution is 5.80. The molecular weight excluding hydrogens is 221 g/mol. The summed E-state index contributed by atoms with van der Waals surface area (Å²) in [6.45, 7) is 7.19. The van der Waals surface area contributed by atoms with Crippen LogP contribution in [0.1, 0.15) is 26.3 Å². The number of amides is 1. The van der Waals surface area contributed by atoms with Crippen molar-refractivity contribution in [1.82, 2.24) is 5.32 Å². The molecule has 0 spiro atoms. The van der Waals surface area contributed by atoms with Crippen molar-refractivity contribution in [3.8, 4) is 5.75 Å². The molecule has 0 bridgehead atoms. The largest absolute Gasteiger partial charge is 0.481 e. The van der Waals surface area contributed by atoms with Crippen LogP contribution in [0.2, 0.25) is 0 Å². The van der Waals surface area contributed by atoms with Gasteiger partial charge in [0.1, 0.15) is 11.6 Å². The highest BCUT2D eigenvalue weighted by Crippen LogP contribution is 2.20. The summed E-state index contributed by atoms with van der Waals surface area (Å²) in [7, 11) is 0. The first kappa shape index (κ1) is 13.5. The maximum absolute atomic E-state index is 13.0. The maximum atomic E-state index is 13.0. The molecule has 0 aliphatic rings. The third-order valence-corrected chi connectivity index (χ3v) is 2.25. The predicted octanol–water partition coefficient (Wildman–Crippen LogP) is 2.43. The Morgan fingerprint density at radius 2 is 2.00 bits per heavy atom. The average Bonchev–Trinajstić information content (AvgIpc) is 2.22. The number of hydrogen-bond acceptors (Lipinski definition) is 2. The molecular formula is C13H18FNO2. The Kier molecular flexibility index (Phi) is 4.49. The fourth-order valence-electron chi connectivity index (χ4n) is 1.35. The number of halogens is 1. The van der Waals surface area contributed by atoms with Crippen molar-refractivity contribution < 1.29 is 13.9 Å². The summed E-state index contributed by atoms with van der Waals surface area (Å²) in [6, 6.07) is 4.33. The van der Waals surface area contributed by atoms with Gasteiger partial charge in [-0.15, -0.1) is 0 Å². The van der Waals surface area contributed by atoms with Crippen LogP contribution in [0, 0.1) is 12.7 Å². The van der Waals surface area contributed by atoms with Crippen LogP contribution in [0.15, 0.2) is 18.2 Å². The lowest BCUT2D eigenvalue weighted by Crippen LogP contribution is -2.40. The Labute approximate surface area is 101 Å². The molecule has 0 fully saturated rings. The van der Waals surface area contributed by atoms with Gasteiger partial charge in [-0.1, -0.05) is 6.07 Å². The van der Waals surface area contributed by atoms with E-state index in [2.05, 4.69) is 5.32 Å². The Hall–Kier alpha value is -1.58. The number of hydrogen-bond donors (Lipinski definition) is 1. The maximum Gasteiger partial charge on any atom is 0.260 e. The van der Waals surface area contributed by atoms with Gasteiger partial charge in [0.2, 0.25) is 0 Å². The van der Waals surface area contributed by atoms with E-state index >= 15 is 0 Å². The zero-order valence-electron chi connectivity index (χ0n) is 10.6. The molecule has 1 amide bonds. The molecule has 1 aromatic rings. The number of nitrogens with one attached hydrogen (secondary N) is 1. The summed E-state index contributed by atoms with van der Waals surface area (Å²) in [5.41, 5.74) is 0.801. The molecule has 1 atom stereocenters. The number of ether oxygens (including phenoxy) is 1.